The molecule has 0 bridgehead atoms. The number of ether oxygens (including phenoxy) is 2. The predicted octanol–water partition coefficient (Wildman–Crippen LogP) is 3.12. The second-order valence-electron chi connectivity index (χ2n) is 5.95. The highest BCUT2D eigenvalue weighted by atomic mass is 35.5. The molecule has 0 spiro atoms. The predicted molar refractivity (Wildman–Crippen MR) is 104 cm³/mol. The molecule has 8 heteroatoms. The summed E-state index contributed by atoms with van der Waals surface area (Å²) in [5, 5.41) is 4.97. The van der Waals surface area contributed by atoms with E-state index >= 15 is 0 Å². The minimum atomic E-state index is 0.548. The van der Waals surface area contributed by atoms with Gasteiger partial charge >= 0.3 is 0 Å². The Morgan fingerprint density at radius 1 is 1.27 bits per heavy atom. The molecule has 1 saturated heterocycles. The SMILES string of the molecule is COc1ccc(C(C)=NNc2cc(C)nc(N3CCOCC3)n2)cc1Cl. The molecule has 1 aliphatic rings. The van der Waals surface area contributed by atoms with Crippen LogP contribution in [-0.2, 0) is 4.74 Å². The van der Waals surface area contributed by atoms with Crippen LogP contribution in [-0.4, -0.2) is 49.1 Å². The van der Waals surface area contributed by atoms with Gasteiger partial charge in [0.2, 0.25) is 5.95 Å². The lowest BCUT2D eigenvalue weighted by Crippen LogP contribution is -2.37. The van der Waals surface area contributed by atoms with E-state index in [2.05, 4.69) is 25.4 Å². The lowest BCUT2D eigenvalue weighted by atomic mass is 10.1. The lowest BCUT2D eigenvalue weighted by molar-refractivity contribution is 0.122. The van der Waals surface area contributed by atoms with Crippen LogP contribution in [0.3, 0.4) is 0 Å². The van der Waals surface area contributed by atoms with Crippen molar-refractivity contribution in [2.24, 2.45) is 5.10 Å². The van der Waals surface area contributed by atoms with Crippen LogP contribution in [0.15, 0.2) is 29.4 Å². The number of methoxy groups -OCH3 is 1. The van der Waals surface area contributed by atoms with Crippen LogP contribution in [0, 0.1) is 6.92 Å². The van der Waals surface area contributed by atoms with Gasteiger partial charge in [0.15, 0.2) is 5.82 Å². The molecule has 3 rings (SSSR count). The average molecular weight is 376 g/mol. The first-order chi connectivity index (χ1) is 12.6. The fourth-order valence-corrected chi connectivity index (χ4v) is 2.87. The van der Waals surface area contributed by atoms with E-state index in [-0.39, 0.29) is 0 Å². The van der Waals surface area contributed by atoms with Crippen molar-refractivity contribution in [3.8, 4) is 5.75 Å². The number of aromatic nitrogens is 2. The van der Waals surface area contributed by atoms with Crippen LogP contribution < -0.4 is 15.1 Å². The van der Waals surface area contributed by atoms with Gasteiger partial charge in [-0.2, -0.15) is 10.1 Å². The molecule has 26 heavy (non-hydrogen) atoms. The van der Waals surface area contributed by atoms with Gasteiger partial charge in [-0.25, -0.2) is 4.98 Å². The largest absolute Gasteiger partial charge is 0.495 e. The monoisotopic (exact) mass is 375 g/mol. The van der Waals surface area contributed by atoms with E-state index in [0.29, 0.717) is 35.8 Å². The zero-order valence-electron chi connectivity index (χ0n) is 15.1. The number of anilines is 2. The Hall–Kier alpha value is -2.38. The minimum absolute atomic E-state index is 0.548. The van der Waals surface area contributed by atoms with E-state index in [1.807, 2.05) is 38.1 Å². The Morgan fingerprint density at radius 3 is 2.73 bits per heavy atom. The Labute approximate surface area is 158 Å². The minimum Gasteiger partial charge on any atom is -0.495 e. The van der Waals surface area contributed by atoms with E-state index in [4.69, 9.17) is 21.1 Å². The van der Waals surface area contributed by atoms with Crippen LogP contribution in [0.2, 0.25) is 5.02 Å². The second kappa shape index (κ2) is 8.33. The highest BCUT2D eigenvalue weighted by Gasteiger charge is 2.15. The van der Waals surface area contributed by atoms with E-state index in [1.165, 1.54) is 0 Å². The van der Waals surface area contributed by atoms with Gasteiger partial charge in [-0.1, -0.05) is 11.6 Å². The smallest absolute Gasteiger partial charge is 0.227 e. The summed E-state index contributed by atoms with van der Waals surface area (Å²) in [5.41, 5.74) is 5.59. The van der Waals surface area contributed by atoms with Gasteiger partial charge in [0.05, 0.1) is 31.1 Å². The first-order valence-electron chi connectivity index (χ1n) is 8.39. The summed E-state index contributed by atoms with van der Waals surface area (Å²) in [6.45, 7) is 6.80. The van der Waals surface area contributed by atoms with E-state index < -0.39 is 0 Å². The van der Waals surface area contributed by atoms with Gasteiger partial charge in [0.25, 0.3) is 0 Å². The van der Waals surface area contributed by atoms with Crippen molar-refractivity contribution in [1.82, 2.24) is 9.97 Å². The molecule has 1 N–H and O–H groups in total. The van der Waals surface area contributed by atoms with Crippen molar-refractivity contribution < 1.29 is 9.47 Å². The molecule has 0 aliphatic carbocycles. The normalized spacial score (nSPS) is 15.1. The van der Waals surface area contributed by atoms with Crippen LogP contribution in [0.1, 0.15) is 18.2 Å². The third-order valence-electron chi connectivity index (χ3n) is 4.04. The maximum atomic E-state index is 6.18. The maximum Gasteiger partial charge on any atom is 0.227 e. The van der Waals surface area contributed by atoms with Crippen molar-refractivity contribution in [2.75, 3.05) is 43.7 Å². The highest BCUT2D eigenvalue weighted by Crippen LogP contribution is 2.25. The van der Waals surface area contributed by atoms with E-state index in [9.17, 15) is 0 Å². The van der Waals surface area contributed by atoms with Crippen molar-refractivity contribution in [2.45, 2.75) is 13.8 Å². The quantitative estimate of drug-likeness (QED) is 0.639. The summed E-state index contributed by atoms with van der Waals surface area (Å²) < 4.78 is 10.6. The number of hydrazone groups is 1. The molecule has 1 aromatic carbocycles. The van der Waals surface area contributed by atoms with E-state index in [1.54, 1.807) is 7.11 Å². The summed E-state index contributed by atoms with van der Waals surface area (Å²) >= 11 is 6.18. The van der Waals surface area contributed by atoms with Crippen molar-refractivity contribution in [3.05, 3.63) is 40.5 Å². The summed E-state index contributed by atoms with van der Waals surface area (Å²) in [5.74, 6) is 1.98. The van der Waals surface area contributed by atoms with Crippen LogP contribution in [0.25, 0.3) is 0 Å². The molecule has 1 fully saturated rings. The van der Waals surface area contributed by atoms with Crippen LogP contribution >= 0.6 is 11.6 Å². The fraction of sp³-hybridized carbons (Fsp3) is 0.389. The van der Waals surface area contributed by atoms with Gasteiger partial charge in [-0.3, -0.25) is 5.43 Å². The number of nitrogens with one attached hydrogen (secondary N) is 1. The number of benzene rings is 1. The Balaban J connectivity index is 1.76. The molecule has 2 heterocycles. The van der Waals surface area contributed by atoms with Crippen LogP contribution in [0.4, 0.5) is 11.8 Å². The highest BCUT2D eigenvalue weighted by molar-refractivity contribution is 6.32. The average Bonchev–Trinajstić information content (AvgIpc) is 2.66. The second-order valence-corrected chi connectivity index (χ2v) is 6.36. The van der Waals surface area contributed by atoms with Gasteiger partial charge in [0, 0.05) is 24.8 Å². The van der Waals surface area contributed by atoms with Gasteiger partial charge in [-0.05, 0) is 37.6 Å². The van der Waals surface area contributed by atoms with Crippen LogP contribution in [0.5, 0.6) is 5.75 Å². The number of halogens is 1. The Kier molecular flexibility index (Phi) is 5.90. The topological polar surface area (TPSA) is 71.9 Å². The zero-order valence-corrected chi connectivity index (χ0v) is 15.9. The summed E-state index contributed by atoms with van der Waals surface area (Å²) in [6.07, 6.45) is 0. The Bertz CT molecular complexity index is 806. The molecule has 0 amide bonds. The first kappa shape index (κ1) is 18.4. The molecule has 0 unspecified atom stereocenters. The molecule has 0 saturated carbocycles. The van der Waals surface area contributed by atoms with Gasteiger partial charge in [0.1, 0.15) is 5.75 Å². The Morgan fingerprint density at radius 2 is 2.04 bits per heavy atom. The molecule has 1 aliphatic heterocycles. The van der Waals surface area contributed by atoms with Gasteiger partial charge < -0.3 is 14.4 Å². The third kappa shape index (κ3) is 4.42. The summed E-state index contributed by atoms with van der Waals surface area (Å²) in [6, 6.07) is 7.42. The number of rotatable bonds is 5. The molecule has 2 aromatic rings. The maximum absolute atomic E-state index is 6.18. The van der Waals surface area contributed by atoms with Crippen molar-refractivity contribution >= 4 is 29.1 Å². The fourth-order valence-electron chi connectivity index (χ4n) is 2.61. The summed E-state index contributed by atoms with van der Waals surface area (Å²) in [4.78, 5) is 11.2. The zero-order chi connectivity index (χ0) is 18.5. The van der Waals surface area contributed by atoms with Gasteiger partial charge in [-0.15, -0.1) is 0 Å². The number of aryl methyl sites for hydroxylation is 1. The van der Waals surface area contributed by atoms with Crippen molar-refractivity contribution in [3.63, 3.8) is 0 Å². The lowest BCUT2D eigenvalue weighted by Gasteiger charge is -2.27. The molecular formula is C18H22ClN5O2. The van der Waals surface area contributed by atoms with E-state index in [0.717, 1.165) is 30.1 Å². The number of hydrogen-bond acceptors (Lipinski definition) is 7. The molecule has 0 radical (unpaired) electrons. The number of nitrogens with zero attached hydrogens (tertiary/aromatic N) is 4. The molecule has 1 aromatic heterocycles. The molecule has 7 nitrogen and oxygen atoms in total. The summed E-state index contributed by atoms with van der Waals surface area (Å²) in [7, 11) is 1.59. The third-order valence-corrected chi connectivity index (χ3v) is 4.34. The molecular weight excluding hydrogens is 354 g/mol. The standard InChI is InChI=1S/C18H22ClN5O2/c1-12-10-17(21-18(20-12)24-6-8-26-9-7-24)23-22-13(2)14-4-5-16(25-3)15(19)11-14/h4-5,10-11H,6-9H2,1-3H3,(H,20,21,23). The first-order valence-corrected chi connectivity index (χ1v) is 8.77. The molecule has 138 valence electrons. The molecule has 0 atom stereocenters. The number of hydrogen-bond donors (Lipinski definition) is 1. The van der Waals surface area contributed by atoms with Crippen molar-refractivity contribution in [1.29, 1.82) is 0 Å². The number of morpholine rings is 1.